The van der Waals surface area contributed by atoms with Gasteiger partial charge >= 0.3 is 5.97 Å². The van der Waals surface area contributed by atoms with Gasteiger partial charge in [0.1, 0.15) is 0 Å². The van der Waals surface area contributed by atoms with E-state index in [9.17, 15) is 9.59 Å². The minimum atomic E-state index is -0.517. The van der Waals surface area contributed by atoms with Gasteiger partial charge in [-0.3, -0.25) is 9.48 Å². The summed E-state index contributed by atoms with van der Waals surface area (Å²) in [5.41, 5.74) is 0.462. The van der Waals surface area contributed by atoms with Crippen LogP contribution in [0, 0.1) is 0 Å². The summed E-state index contributed by atoms with van der Waals surface area (Å²) in [6, 6.07) is 0.296. The fourth-order valence-corrected chi connectivity index (χ4v) is 2.56. The minimum Gasteiger partial charge on any atom is -0.461 e. The van der Waals surface area contributed by atoms with Gasteiger partial charge in [0.05, 0.1) is 18.2 Å². The predicted octanol–water partition coefficient (Wildman–Crippen LogP) is 2.77. The lowest BCUT2D eigenvalue weighted by Crippen LogP contribution is -2.12. The van der Waals surface area contributed by atoms with Crippen molar-refractivity contribution in [3.8, 4) is 0 Å². The third-order valence-corrected chi connectivity index (χ3v) is 3.55. The molecule has 0 saturated heterocycles. The van der Waals surface area contributed by atoms with Crippen LogP contribution >= 0.6 is 0 Å². The van der Waals surface area contributed by atoms with E-state index in [2.05, 4.69) is 5.10 Å². The molecule has 0 amide bonds. The third kappa shape index (κ3) is 3.22. The van der Waals surface area contributed by atoms with Crippen LogP contribution < -0.4 is 0 Å². The van der Waals surface area contributed by atoms with Gasteiger partial charge in [-0.1, -0.05) is 25.7 Å². The van der Waals surface area contributed by atoms with Crippen molar-refractivity contribution in [2.75, 3.05) is 6.61 Å². The van der Waals surface area contributed by atoms with Crippen molar-refractivity contribution >= 4 is 12.3 Å². The van der Waals surface area contributed by atoms with E-state index >= 15 is 0 Å². The number of hydrogen-bond donors (Lipinski definition) is 0. The van der Waals surface area contributed by atoms with Gasteiger partial charge in [-0.05, 0) is 19.8 Å². The molecular formula is C14H20N2O3. The van der Waals surface area contributed by atoms with E-state index < -0.39 is 5.97 Å². The number of carbonyl (C=O) groups is 2. The van der Waals surface area contributed by atoms with Crippen LogP contribution in [0.4, 0.5) is 0 Å². The second-order valence-electron chi connectivity index (χ2n) is 4.90. The van der Waals surface area contributed by atoms with E-state index in [1.807, 2.05) is 0 Å². The predicted molar refractivity (Wildman–Crippen MR) is 70.3 cm³/mol. The molecule has 5 heteroatoms. The quantitative estimate of drug-likeness (QED) is 0.476. The highest BCUT2D eigenvalue weighted by molar-refractivity contribution is 5.96. The van der Waals surface area contributed by atoms with Gasteiger partial charge in [0.15, 0.2) is 12.0 Å². The molecule has 1 aromatic heterocycles. The number of aldehydes is 1. The highest BCUT2D eigenvalue weighted by Crippen LogP contribution is 2.27. The van der Waals surface area contributed by atoms with Gasteiger partial charge in [0.25, 0.3) is 0 Å². The molecule has 2 rings (SSSR count). The first-order chi connectivity index (χ1) is 9.26. The monoisotopic (exact) mass is 264 g/mol. The van der Waals surface area contributed by atoms with Crippen LogP contribution in [0.5, 0.6) is 0 Å². The zero-order valence-electron chi connectivity index (χ0n) is 11.3. The van der Waals surface area contributed by atoms with E-state index in [1.54, 1.807) is 17.8 Å². The summed E-state index contributed by atoms with van der Waals surface area (Å²) in [5, 5.41) is 4.28. The highest BCUT2D eigenvalue weighted by Gasteiger charge is 2.21. The number of aromatic nitrogens is 2. The standard InChI is InChI=1S/C14H20N2O3/c1-2-19-14(18)13-11(10-17)9-16(15-13)12-7-5-3-4-6-8-12/h9-10,12H,2-8H2,1H3. The van der Waals surface area contributed by atoms with Gasteiger partial charge in [-0.25, -0.2) is 4.79 Å². The number of ether oxygens (including phenoxy) is 1. The molecule has 104 valence electrons. The molecule has 19 heavy (non-hydrogen) atoms. The van der Waals surface area contributed by atoms with Crippen LogP contribution in [0.2, 0.25) is 0 Å². The summed E-state index contributed by atoms with van der Waals surface area (Å²) < 4.78 is 6.70. The van der Waals surface area contributed by atoms with Crippen molar-refractivity contribution in [3.05, 3.63) is 17.5 Å². The maximum absolute atomic E-state index is 11.7. The Bertz CT molecular complexity index is 446. The maximum atomic E-state index is 11.7. The van der Waals surface area contributed by atoms with E-state index in [-0.39, 0.29) is 12.3 Å². The van der Waals surface area contributed by atoms with Crippen LogP contribution in [0.25, 0.3) is 0 Å². The van der Waals surface area contributed by atoms with Gasteiger partial charge in [-0.2, -0.15) is 5.10 Å². The Balaban J connectivity index is 2.21. The summed E-state index contributed by atoms with van der Waals surface area (Å²) in [7, 11) is 0. The average Bonchev–Trinajstić information content (AvgIpc) is 2.66. The Hall–Kier alpha value is -1.65. The highest BCUT2D eigenvalue weighted by atomic mass is 16.5. The molecule has 0 spiro atoms. The number of hydrogen-bond acceptors (Lipinski definition) is 4. The summed E-state index contributed by atoms with van der Waals surface area (Å²) >= 11 is 0. The van der Waals surface area contributed by atoms with Crippen LogP contribution in [-0.4, -0.2) is 28.6 Å². The van der Waals surface area contributed by atoms with Gasteiger partial charge in [-0.15, -0.1) is 0 Å². The normalized spacial score (nSPS) is 16.9. The van der Waals surface area contributed by atoms with Crippen molar-refractivity contribution in [1.82, 2.24) is 9.78 Å². The van der Waals surface area contributed by atoms with Crippen LogP contribution in [0.3, 0.4) is 0 Å². The lowest BCUT2D eigenvalue weighted by atomic mass is 10.1. The molecule has 1 saturated carbocycles. The Morgan fingerprint density at radius 2 is 2.11 bits per heavy atom. The summed E-state index contributed by atoms with van der Waals surface area (Å²) in [4.78, 5) is 22.8. The van der Waals surface area contributed by atoms with Crippen molar-refractivity contribution < 1.29 is 14.3 Å². The van der Waals surface area contributed by atoms with E-state index in [1.165, 1.54) is 25.7 Å². The Labute approximate surface area is 112 Å². The van der Waals surface area contributed by atoms with Gasteiger partial charge in [0.2, 0.25) is 0 Å². The molecule has 1 fully saturated rings. The molecule has 0 aliphatic heterocycles. The van der Waals surface area contributed by atoms with Crippen LogP contribution in [-0.2, 0) is 4.74 Å². The van der Waals surface area contributed by atoms with E-state index in [0.29, 0.717) is 17.9 Å². The molecule has 5 nitrogen and oxygen atoms in total. The van der Waals surface area contributed by atoms with Crippen molar-refractivity contribution in [2.45, 2.75) is 51.5 Å². The molecule has 1 heterocycles. The van der Waals surface area contributed by atoms with E-state index in [4.69, 9.17) is 4.74 Å². The second-order valence-corrected chi connectivity index (χ2v) is 4.90. The third-order valence-electron chi connectivity index (χ3n) is 3.55. The van der Waals surface area contributed by atoms with Gasteiger partial charge in [0, 0.05) is 6.20 Å². The smallest absolute Gasteiger partial charge is 0.359 e. The molecule has 1 aliphatic rings. The molecular weight excluding hydrogens is 244 g/mol. The summed E-state index contributed by atoms with van der Waals surface area (Å²) in [6.45, 7) is 2.02. The summed E-state index contributed by atoms with van der Waals surface area (Å²) in [6.07, 6.45) is 9.32. The SMILES string of the molecule is CCOC(=O)c1nn(C2CCCCCC2)cc1C=O. The molecule has 0 N–H and O–H groups in total. The second kappa shape index (κ2) is 6.50. The van der Waals surface area contributed by atoms with Crippen molar-refractivity contribution in [1.29, 1.82) is 0 Å². The average molecular weight is 264 g/mol. The Morgan fingerprint density at radius 1 is 1.42 bits per heavy atom. The zero-order valence-corrected chi connectivity index (χ0v) is 11.3. The lowest BCUT2D eigenvalue weighted by molar-refractivity contribution is 0.0516. The number of nitrogens with zero attached hydrogens (tertiary/aromatic N) is 2. The number of rotatable bonds is 4. The Morgan fingerprint density at radius 3 is 2.68 bits per heavy atom. The number of esters is 1. The van der Waals surface area contributed by atoms with Crippen molar-refractivity contribution in [2.24, 2.45) is 0 Å². The molecule has 0 atom stereocenters. The fraction of sp³-hybridized carbons (Fsp3) is 0.643. The largest absolute Gasteiger partial charge is 0.461 e. The minimum absolute atomic E-state index is 0.140. The van der Waals surface area contributed by atoms with Gasteiger partial charge < -0.3 is 4.74 Å². The Kier molecular flexibility index (Phi) is 4.71. The van der Waals surface area contributed by atoms with Crippen molar-refractivity contribution in [3.63, 3.8) is 0 Å². The topological polar surface area (TPSA) is 61.2 Å². The van der Waals surface area contributed by atoms with E-state index in [0.717, 1.165) is 12.8 Å². The van der Waals surface area contributed by atoms with Crippen LogP contribution in [0.15, 0.2) is 6.20 Å². The first kappa shape index (κ1) is 13.8. The molecule has 0 aromatic carbocycles. The molecule has 0 radical (unpaired) electrons. The lowest BCUT2D eigenvalue weighted by Gasteiger charge is -2.14. The molecule has 1 aromatic rings. The first-order valence-corrected chi connectivity index (χ1v) is 6.97. The number of carbonyl (C=O) groups excluding carboxylic acids is 2. The molecule has 0 unspecified atom stereocenters. The molecule has 1 aliphatic carbocycles. The molecule has 0 bridgehead atoms. The maximum Gasteiger partial charge on any atom is 0.359 e. The summed E-state index contributed by atoms with van der Waals surface area (Å²) in [5.74, 6) is -0.517. The fourth-order valence-electron chi connectivity index (χ4n) is 2.56. The van der Waals surface area contributed by atoms with Crippen LogP contribution in [0.1, 0.15) is 72.3 Å². The zero-order chi connectivity index (χ0) is 13.7. The first-order valence-electron chi connectivity index (χ1n) is 6.97.